The Hall–Kier alpha value is -1.76. The quantitative estimate of drug-likeness (QED) is 0.819. The van der Waals surface area contributed by atoms with Gasteiger partial charge in [0.2, 0.25) is 5.82 Å². The molecule has 0 N–H and O–H groups in total. The first kappa shape index (κ1) is 13.7. The van der Waals surface area contributed by atoms with Crippen LogP contribution in [0.3, 0.4) is 0 Å². The van der Waals surface area contributed by atoms with Crippen LogP contribution in [0.4, 0.5) is 0 Å². The second-order valence-electron chi connectivity index (χ2n) is 4.51. The molecule has 0 bridgehead atoms. The van der Waals surface area contributed by atoms with Gasteiger partial charge in [-0.1, -0.05) is 24.3 Å². The minimum absolute atomic E-state index is 0.133. The number of sulfone groups is 1. The van der Waals surface area contributed by atoms with Crippen molar-refractivity contribution in [2.45, 2.75) is 19.9 Å². The van der Waals surface area contributed by atoms with E-state index in [0.717, 1.165) is 11.1 Å². The molecule has 1 aromatic carbocycles. The van der Waals surface area contributed by atoms with Crippen LogP contribution in [0.1, 0.15) is 12.0 Å². The van der Waals surface area contributed by atoms with Gasteiger partial charge in [0.05, 0.1) is 12.3 Å². The van der Waals surface area contributed by atoms with E-state index in [-0.39, 0.29) is 5.75 Å². The summed E-state index contributed by atoms with van der Waals surface area (Å²) in [4.78, 5) is 1.44. The Morgan fingerprint density at radius 3 is 2.68 bits per heavy atom. The van der Waals surface area contributed by atoms with Gasteiger partial charge in [-0.05, 0) is 24.1 Å². The lowest BCUT2D eigenvalue weighted by Gasteiger charge is -1.99. The molecular weight excluding hydrogens is 264 g/mol. The van der Waals surface area contributed by atoms with Gasteiger partial charge in [-0.2, -0.15) is 4.80 Å². The molecule has 0 unspecified atom stereocenters. The number of benzene rings is 1. The number of nitrogens with zero attached hydrogens (tertiary/aromatic N) is 4. The molecule has 0 aliphatic heterocycles. The minimum Gasteiger partial charge on any atom is -0.229 e. The number of rotatable bonds is 5. The molecule has 102 valence electrons. The van der Waals surface area contributed by atoms with E-state index < -0.39 is 9.84 Å². The number of hydrogen-bond donors (Lipinski definition) is 0. The highest BCUT2D eigenvalue weighted by Gasteiger charge is 2.08. The lowest BCUT2D eigenvalue weighted by Crippen LogP contribution is -2.09. The highest BCUT2D eigenvalue weighted by molar-refractivity contribution is 7.90. The SMILES string of the molecule is Cc1ccccc1-c1nnn(CCCS(C)(=O)=O)n1. The summed E-state index contributed by atoms with van der Waals surface area (Å²) in [7, 11) is -2.94. The van der Waals surface area contributed by atoms with E-state index in [0.29, 0.717) is 18.8 Å². The molecule has 0 saturated carbocycles. The predicted octanol–water partition coefficient (Wildman–Crippen LogP) is 1.08. The maximum absolute atomic E-state index is 11.0. The number of tetrazole rings is 1. The van der Waals surface area contributed by atoms with Crippen LogP contribution < -0.4 is 0 Å². The zero-order valence-electron chi connectivity index (χ0n) is 10.9. The van der Waals surface area contributed by atoms with E-state index in [1.54, 1.807) is 0 Å². The third-order valence-electron chi connectivity index (χ3n) is 2.71. The molecule has 19 heavy (non-hydrogen) atoms. The van der Waals surface area contributed by atoms with Crippen molar-refractivity contribution in [1.29, 1.82) is 0 Å². The van der Waals surface area contributed by atoms with E-state index >= 15 is 0 Å². The zero-order valence-corrected chi connectivity index (χ0v) is 11.8. The van der Waals surface area contributed by atoms with Crippen LogP contribution in [-0.4, -0.2) is 40.6 Å². The molecule has 7 heteroatoms. The van der Waals surface area contributed by atoms with Crippen molar-refractivity contribution in [2.24, 2.45) is 0 Å². The summed E-state index contributed by atoms with van der Waals surface area (Å²) < 4.78 is 22.1. The molecule has 0 amide bonds. The second-order valence-corrected chi connectivity index (χ2v) is 6.77. The Morgan fingerprint density at radius 1 is 1.26 bits per heavy atom. The standard InChI is InChI=1S/C12H16N4O2S/c1-10-6-3-4-7-11(10)12-13-15-16(14-12)8-5-9-19(2,17)18/h3-4,6-7H,5,8-9H2,1-2H3. The largest absolute Gasteiger partial charge is 0.229 e. The van der Waals surface area contributed by atoms with Crippen LogP contribution in [0.2, 0.25) is 0 Å². The molecule has 1 heterocycles. The Bertz CT molecular complexity index is 664. The highest BCUT2D eigenvalue weighted by Crippen LogP contribution is 2.17. The summed E-state index contributed by atoms with van der Waals surface area (Å²) in [5.74, 6) is 0.700. The molecule has 2 rings (SSSR count). The molecule has 1 aromatic heterocycles. The summed E-state index contributed by atoms with van der Waals surface area (Å²) in [5.41, 5.74) is 2.02. The van der Waals surface area contributed by atoms with Crippen LogP contribution >= 0.6 is 0 Å². The Balaban J connectivity index is 2.06. The fourth-order valence-corrected chi connectivity index (χ4v) is 2.39. The van der Waals surface area contributed by atoms with E-state index in [2.05, 4.69) is 15.4 Å². The molecule has 0 fully saturated rings. The molecular formula is C12H16N4O2S. The first-order chi connectivity index (χ1) is 8.96. The van der Waals surface area contributed by atoms with Crippen LogP contribution in [0, 0.1) is 6.92 Å². The number of aromatic nitrogens is 4. The van der Waals surface area contributed by atoms with Crippen molar-refractivity contribution in [3.63, 3.8) is 0 Å². The Kier molecular flexibility index (Phi) is 3.94. The molecule has 6 nitrogen and oxygen atoms in total. The molecule has 0 aliphatic carbocycles. The first-order valence-electron chi connectivity index (χ1n) is 5.97. The van der Waals surface area contributed by atoms with Crippen LogP contribution in [0.5, 0.6) is 0 Å². The van der Waals surface area contributed by atoms with Gasteiger partial charge in [-0.3, -0.25) is 0 Å². The summed E-state index contributed by atoms with van der Waals surface area (Å²) >= 11 is 0. The Labute approximate surface area is 112 Å². The average molecular weight is 280 g/mol. The minimum atomic E-state index is -2.94. The van der Waals surface area contributed by atoms with Gasteiger partial charge < -0.3 is 0 Å². The van der Waals surface area contributed by atoms with Crippen molar-refractivity contribution in [2.75, 3.05) is 12.0 Å². The van der Waals surface area contributed by atoms with Gasteiger partial charge in [-0.25, -0.2) is 8.42 Å². The van der Waals surface area contributed by atoms with E-state index in [9.17, 15) is 8.42 Å². The molecule has 0 aliphatic rings. The molecule has 0 radical (unpaired) electrons. The Morgan fingerprint density at radius 2 is 2.00 bits per heavy atom. The van der Waals surface area contributed by atoms with E-state index in [4.69, 9.17) is 0 Å². The van der Waals surface area contributed by atoms with Crippen molar-refractivity contribution in [3.8, 4) is 11.4 Å². The van der Waals surface area contributed by atoms with Gasteiger partial charge in [0.1, 0.15) is 9.84 Å². The highest BCUT2D eigenvalue weighted by atomic mass is 32.2. The maximum atomic E-state index is 11.0. The normalized spacial score (nSPS) is 11.7. The lowest BCUT2D eigenvalue weighted by atomic mass is 10.1. The van der Waals surface area contributed by atoms with Crippen molar-refractivity contribution >= 4 is 9.84 Å². The monoisotopic (exact) mass is 280 g/mol. The maximum Gasteiger partial charge on any atom is 0.205 e. The topological polar surface area (TPSA) is 77.7 Å². The van der Waals surface area contributed by atoms with Crippen molar-refractivity contribution < 1.29 is 8.42 Å². The fraction of sp³-hybridized carbons (Fsp3) is 0.417. The van der Waals surface area contributed by atoms with Crippen LogP contribution in [0.15, 0.2) is 24.3 Å². The van der Waals surface area contributed by atoms with Gasteiger partial charge in [-0.15, -0.1) is 10.2 Å². The van der Waals surface area contributed by atoms with Crippen molar-refractivity contribution in [1.82, 2.24) is 20.2 Å². The molecule has 0 saturated heterocycles. The first-order valence-corrected chi connectivity index (χ1v) is 8.03. The number of hydrogen-bond acceptors (Lipinski definition) is 5. The molecule has 0 spiro atoms. The van der Waals surface area contributed by atoms with Gasteiger partial charge in [0.15, 0.2) is 0 Å². The number of aryl methyl sites for hydroxylation is 2. The second kappa shape index (κ2) is 5.48. The van der Waals surface area contributed by atoms with Gasteiger partial charge in [0.25, 0.3) is 0 Å². The van der Waals surface area contributed by atoms with E-state index in [1.807, 2.05) is 31.2 Å². The van der Waals surface area contributed by atoms with Crippen LogP contribution in [0.25, 0.3) is 11.4 Å². The molecule has 2 aromatic rings. The van der Waals surface area contributed by atoms with Crippen molar-refractivity contribution in [3.05, 3.63) is 29.8 Å². The zero-order chi connectivity index (χ0) is 13.9. The summed E-state index contributed by atoms with van der Waals surface area (Å²) in [6.45, 7) is 2.44. The fourth-order valence-electron chi connectivity index (χ4n) is 1.74. The summed E-state index contributed by atoms with van der Waals surface area (Å²) in [6.07, 6.45) is 1.71. The smallest absolute Gasteiger partial charge is 0.205 e. The average Bonchev–Trinajstić information content (AvgIpc) is 2.76. The van der Waals surface area contributed by atoms with E-state index in [1.165, 1.54) is 11.1 Å². The molecule has 0 atom stereocenters. The summed E-state index contributed by atoms with van der Waals surface area (Å²) in [6, 6.07) is 7.80. The third-order valence-corrected chi connectivity index (χ3v) is 3.74. The van der Waals surface area contributed by atoms with Gasteiger partial charge >= 0.3 is 0 Å². The van der Waals surface area contributed by atoms with Crippen LogP contribution in [-0.2, 0) is 16.4 Å². The lowest BCUT2D eigenvalue weighted by molar-refractivity contribution is 0.511. The van der Waals surface area contributed by atoms with Gasteiger partial charge in [0, 0.05) is 11.8 Å². The predicted molar refractivity (Wildman–Crippen MR) is 72.3 cm³/mol. The summed E-state index contributed by atoms with van der Waals surface area (Å²) in [5, 5.41) is 12.2. The third kappa shape index (κ3) is 3.85.